The molecule has 0 amide bonds. The predicted molar refractivity (Wildman–Crippen MR) is 58.8 cm³/mol. The van der Waals surface area contributed by atoms with Crippen LogP contribution in [0.4, 0.5) is 0 Å². The van der Waals surface area contributed by atoms with Crippen LogP contribution in [0.25, 0.3) is 0 Å². The van der Waals surface area contributed by atoms with Crippen molar-refractivity contribution in [3.05, 3.63) is 35.4 Å². The zero-order valence-corrected chi connectivity index (χ0v) is 8.82. The largest absolute Gasteiger partial charge is 0.390 e. The van der Waals surface area contributed by atoms with Gasteiger partial charge >= 0.3 is 0 Å². The zero-order chi connectivity index (χ0) is 10.0. The molecule has 2 fully saturated rings. The van der Waals surface area contributed by atoms with E-state index < -0.39 is 0 Å². The lowest BCUT2D eigenvalue weighted by Crippen LogP contribution is -2.27. The van der Waals surface area contributed by atoms with Crippen molar-refractivity contribution in [2.24, 2.45) is 5.92 Å². The highest BCUT2D eigenvalue weighted by molar-refractivity contribution is 5.40. The smallest absolute Gasteiger partial charge is 0.0687 e. The van der Waals surface area contributed by atoms with Crippen LogP contribution in [-0.2, 0) is 0 Å². The van der Waals surface area contributed by atoms with Crippen molar-refractivity contribution in [1.82, 2.24) is 0 Å². The van der Waals surface area contributed by atoms with E-state index in [9.17, 15) is 5.11 Å². The van der Waals surface area contributed by atoms with Gasteiger partial charge in [0.25, 0.3) is 0 Å². The first kappa shape index (κ1) is 8.35. The molecule has 4 aliphatic rings. The number of rotatable bonds is 0. The van der Waals surface area contributed by atoms with Gasteiger partial charge in [-0.15, -0.1) is 0 Å². The van der Waals surface area contributed by atoms with Gasteiger partial charge in [-0.25, -0.2) is 0 Å². The lowest BCUT2D eigenvalue weighted by Gasteiger charge is -2.21. The maximum Gasteiger partial charge on any atom is 0.0687 e. The summed E-state index contributed by atoms with van der Waals surface area (Å²) in [5, 5.41) is 10.6. The minimum absolute atomic E-state index is 0.311. The molecule has 1 aromatic carbocycles. The first-order valence-corrected chi connectivity index (χ1v) is 6.07. The molecule has 0 aromatic heterocycles. The molecule has 4 atom stereocenters. The van der Waals surface area contributed by atoms with Gasteiger partial charge in [0.05, 0.1) is 5.60 Å². The Balaban J connectivity index is 1.96. The molecule has 78 valence electrons. The maximum atomic E-state index is 10.6. The van der Waals surface area contributed by atoms with Crippen molar-refractivity contribution in [2.45, 2.75) is 43.1 Å². The number of benzene rings is 1. The van der Waals surface area contributed by atoms with Crippen LogP contribution in [0.5, 0.6) is 0 Å². The van der Waals surface area contributed by atoms with Crippen molar-refractivity contribution >= 4 is 0 Å². The summed E-state index contributed by atoms with van der Waals surface area (Å²) < 4.78 is 0. The first-order valence-electron chi connectivity index (χ1n) is 6.07. The van der Waals surface area contributed by atoms with E-state index in [1.165, 1.54) is 12.8 Å². The van der Waals surface area contributed by atoms with Gasteiger partial charge in [-0.3, -0.25) is 0 Å². The third-order valence-corrected chi connectivity index (χ3v) is 4.97. The number of hydrogen-bond donors (Lipinski definition) is 1. The second-order valence-corrected chi connectivity index (χ2v) is 5.70. The van der Waals surface area contributed by atoms with Crippen molar-refractivity contribution in [3.63, 3.8) is 0 Å². The Bertz CT molecular complexity index is 388. The van der Waals surface area contributed by atoms with E-state index in [1.54, 1.807) is 11.1 Å². The molecule has 4 aliphatic carbocycles. The average Bonchev–Trinajstić information content (AvgIpc) is 2.59. The molecule has 0 saturated heterocycles. The van der Waals surface area contributed by atoms with Gasteiger partial charge in [-0.1, -0.05) is 24.3 Å². The van der Waals surface area contributed by atoms with E-state index in [-0.39, 0.29) is 5.60 Å². The molecule has 2 saturated carbocycles. The van der Waals surface area contributed by atoms with Crippen LogP contribution < -0.4 is 0 Å². The van der Waals surface area contributed by atoms with Gasteiger partial charge in [0.15, 0.2) is 0 Å². The van der Waals surface area contributed by atoms with Gasteiger partial charge in [-0.2, -0.15) is 0 Å². The van der Waals surface area contributed by atoms with Gasteiger partial charge in [-0.05, 0) is 54.6 Å². The molecule has 1 N–H and O–H groups in total. The van der Waals surface area contributed by atoms with Crippen molar-refractivity contribution in [1.29, 1.82) is 0 Å². The Labute approximate surface area is 90.1 Å². The Morgan fingerprint density at radius 1 is 1.00 bits per heavy atom. The van der Waals surface area contributed by atoms with Crippen LogP contribution in [0.3, 0.4) is 0 Å². The molecular formula is C14H16O. The lowest BCUT2D eigenvalue weighted by atomic mass is 9.91. The molecule has 0 aliphatic heterocycles. The van der Waals surface area contributed by atoms with Crippen molar-refractivity contribution in [2.75, 3.05) is 0 Å². The fourth-order valence-corrected chi connectivity index (χ4v) is 4.39. The highest BCUT2D eigenvalue weighted by Crippen LogP contribution is 2.61. The summed E-state index contributed by atoms with van der Waals surface area (Å²) in [5.74, 6) is 1.87. The van der Waals surface area contributed by atoms with E-state index in [4.69, 9.17) is 0 Å². The van der Waals surface area contributed by atoms with E-state index in [2.05, 4.69) is 24.3 Å². The summed E-state index contributed by atoms with van der Waals surface area (Å²) in [6.45, 7) is 0. The number of aliphatic hydroxyl groups is 1. The standard InChI is InChI=1S/C14H16O/c15-14-7-9-5-11(14)6-10(8-14)13-4-2-1-3-12(9)13/h1-4,9-11,15H,5-8H2/t9-,10+,11?,14?. The van der Waals surface area contributed by atoms with Gasteiger partial charge in [0, 0.05) is 0 Å². The molecule has 0 heterocycles. The van der Waals surface area contributed by atoms with E-state index in [0.29, 0.717) is 17.8 Å². The molecule has 1 heteroatoms. The highest BCUT2D eigenvalue weighted by Gasteiger charge is 2.55. The maximum absolute atomic E-state index is 10.6. The van der Waals surface area contributed by atoms with E-state index in [1.807, 2.05) is 0 Å². The molecule has 1 nitrogen and oxygen atoms in total. The highest BCUT2D eigenvalue weighted by atomic mass is 16.3. The summed E-state index contributed by atoms with van der Waals surface area (Å²) in [5.41, 5.74) is 2.77. The average molecular weight is 200 g/mol. The molecule has 0 spiro atoms. The minimum atomic E-state index is -0.311. The topological polar surface area (TPSA) is 20.2 Å². The quantitative estimate of drug-likeness (QED) is 0.682. The molecule has 5 rings (SSSR count). The Hall–Kier alpha value is -0.820. The molecule has 0 radical (unpaired) electrons. The molecule has 15 heavy (non-hydrogen) atoms. The van der Waals surface area contributed by atoms with Crippen LogP contribution in [0.15, 0.2) is 24.3 Å². The van der Waals surface area contributed by atoms with Crippen LogP contribution in [0, 0.1) is 5.92 Å². The molecule has 1 aromatic rings. The van der Waals surface area contributed by atoms with Crippen molar-refractivity contribution < 1.29 is 5.11 Å². The van der Waals surface area contributed by atoms with Gasteiger partial charge in [0.2, 0.25) is 0 Å². The third kappa shape index (κ3) is 0.926. The lowest BCUT2D eigenvalue weighted by molar-refractivity contribution is 0.0224. The van der Waals surface area contributed by atoms with Gasteiger partial charge in [0.1, 0.15) is 0 Å². The van der Waals surface area contributed by atoms with Crippen LogP contribution in [0.1, 0.15) is 48.6 Å². The monoisotopic (exact) mass is 200 g/mol. The van der Waals surface area contributed by atoms with E-state index >= 15 is 0 Å². The summed E-state index contributed by atoms with van der Waals surface area (Å²) in [4.78, 5) is 0. The number of hydrogen-bond acceptors (Lipinski definition) is 1. The van der Waals surface area contributed by atoms with Crippen LogP contribution >= 0.6 is 0 Å². The first-order chi connectivity index (χ1) is 7.26. The van der Waals surface area contributed by atoms with Crippen LogP contribution in [0.2, 0.25) is 0 Å². The Morgan fingerprint density at radius 2 is 1.53 bits per heavy atom. The third-order valence-electron chi connectivity index (χ3n) is 4.97. The second kappa shape index (κ2) is 2.46. The SMILES string of the molecule is OC12C[C@H]3CC1C[C@@H](C2)c1ccccc13. The zero-order valence-electron chi connectivity index (χ0n) is 8.82. The fraction of sp³-hybridized carbons (Fsp3) is 0.571. The van der Waals surface area contributed by atoms with Crippen molar-refractivity contribution in [3.8, 4) is 0 Å². The van der Waals surface area contributed by atoms with Crippen LogP contribution in [-0.4, -0.2) is 10.7 Å². The molecule has 2 unspecified atom stereocenters. The normalized spacial score (nSPS) is 45.5. The molecular weight excluding hydrogens is 184 g/mol. The summed E-state index contributed by atoms with van der Waals surface area (Å²) in [6, 6.07) is 8.87. The summed E-state index contributed by atoms with van der Waals surface area (Å²) in [6.07, 6.45) is 4.49. The van der Waals surface area contributed by atoms with Gasteiger partial charge < -0.3 is 5.11 Å². The second-order valence-electron chi connectivity index (χ2n) is 5.70. The predicted octanol–water partition coefficient (Wildman–Crippen LogP) is 2.80. The molecule has 4 bridgehead atoms. The summed E-state index contributed by atoms with van der Waals surface area (Å²) in [7, 11) is 0. The Kier molecular flexibility index (Phi) is 1.37. The minimum Gasteiger partial charge on any atom is -0.390 e. The Morgan fingerprint density at radius 3 is 2.00 bits per heavy atom. The van der Waals surface area contributed by atoms with E-state index in [0.717, 1.165) is 12.8 Å². The fourth-order valence-electron chi connectivity index (χ4n) is 4.39. The summed E-state index contributed by atoms with van der Waals surface area (Å²) >= 11 is 0.